The number of hydrogen-bond donors (Lipinski definition) is 0. The second-order valence-electron chi connectivity index (χ2n) is 7.96. The Morgan fingerprint density at radius 1 is 1.08 bits per heavy atom. The van der Waals surface area contributed by atoms with Crippen molar-refractivity contribution in [3.8, 4) is 5.75 Å². The van der Waals surface area contributed by atoms with Crippen LogP contribution in [0, 0.1) is 6.92 Å². The SMILES string of the molecule is Cc1ccc(OC2CCN(C(=O)CN(C)C3CCN(C)CC3)CC2)cc1. The Bertz CT molecular complexity index is 573. The second-order valence-corrected chi connectivity index (χ2v) is 7.96. The molecule has 0 unspecified atom stereocenters. The molecule has 0 radical (unpaired) electrons. The van der Waals surface area contributed by atoms with Gasteiger partial charge in [-0.3, -0.25) is 9.69 Å². The van der Waals surface area contributed by atoms with Crippen LogP contribution in [0.3, 0.4) is 0 Å². The van der Waals surface area contributed by atoms with Crippen LogP contribution in [-0.2, 0) is 4.79 Å². The van der Waals surface area contributed by atoms with Crippen molar-refractivity contribution in [2.24, 2.45) is 0 Å². The van der Waals surface area contributed by atoms with Crippen molar-refractivity contribution in [2.45, 2.75) is 44.8 Å². The van der Waals surface area contributed by atoms with E-state index in [0.717, 1.165) is 57.6 Å². The zero-order chi connectivity index (χ0) is 18.5. The average molecular weight is 360 g/mol. The first kappa shape index (κ1) is 19.2. The third kappa shape index (κ3) is 5.21. The molecular formula is C21H33N3O2. The summed E-state index contributed by atoms with van der Waals surface area (Å²) in [6, 6.07) is 8.75. The van der Waals surface area contributed by atoms with Crippen LogP contribution in [0.15, 0.2) is 24.3 Å². The summed E-state index contributed by atoms with van der Waals surface area (Å²) in [6.07, 6.45) is 4.36. The molecule has 2 fully saturated rings. The molecule has 2 saturated heterocycles. The maximum Gasteiger partial charge on any atom is 0.236 e. The summed E-state index contributed by atoms with van der Waals surface area (Å²) in [5.74, 6) is 1.20. The maximum atomic E-state index is 12.7. The van der Waals surface area contributed by atoms with Crippen molar-refractivity contribution in [1.29, 1.82) is 0 Å². The number of nitrogens with zero attached hydrogens (tertiary/aromatic N) is 3. The molecule has 5 heteroatoms. The van der Waals surface area contributed by atoms with E-state index in [1.807, 2.05) is 17.0 Å². The van der Waals surface area contributed by atoms with E-state index in [9.17, 15) is 4.79 Å². The van der Waals surface area contributed by atoms with Gasteiger partial charge in [0.15, 0.2) is 0 Å². The predicted molar refractivity (Wildman–Crippen MR) is 105 cm³/mol. The number of hydrogen-bond acceptors (Lipinski definition) is 4. The molecule has 0 saturated carbocycles. The van der Waals surface area contributed by atoms with Crippen LogP contribution in [0.2, 0.25) is 0 Å². The molecule has 1 amide bonds. The maximum absolute atomic E-state index is 12.7. The van der Waals surface area contributed by atoms with E-state index in [0.29, 0.717) is 12.6 Å². The van der Waals surface area contributed by atoms with Crippen molar-refractivity contribution in [3.05, 3.63) is 29.8 Å². The minimum Gasteiger partial charge on any atom is -0.490 e. The van der Waals surface area contributed by atoms with Crippen LogP contribution in [-0.4, -0.2) is 79.6 Å². The number of piperidine rings is 2. The summed E-state index contributed by atoms with van der Waals surface area (Å²) in [6.45, 7) is 6.48. The largest absolute Gasteiger partial charge is 0.490 e. The monoisotopic (exact) mass is 359 g/mol. The van der Waals surface area contributed by atoms with Crippen molar-refractivity contribution in [2.75, 3.05) is 46.8 Å². The number of likely N-dealkylation sites (N-methyl/N-ethyl adjacent to an activating group) is 1. The summed E-state index contributed by atoms with van der Waals surface area (Å²) in [7, 11) is 4.27. The van der Waals surface area contributed by atoms with Crippen molar-refractivity contribution < 1.29 is 9.53 Å². The molecule has 0 aromatic heterocycles. The van der Waals surface area contributed by atoms with Gasteiger partial charge in [-0.15, -0.1) is 0 Å². The Hall–Kier alpha value is -1.59. The van der Waals surface area contributed by atoms with Crippen molar-refractivity contribution in [3.63, 3.8) is 0 Å². The van der Waals surface area contributed by atoms with Gasteiger partial charge in [0.1, 0.15) is 11.9 Å². The number of carbonyl (C=O) groups excluding carboxylic acids is 1. The molecule has 1 aromatic rings. The Balaban J connectivity index is 1.41. The molecule has 2 aliphatic rings. The molecule has 1 aromatic carbocycles. The highest BCUT2D eigenvalue weighted by Gasteiger charge is 2.27. The lowest BCUT2D eigenvalue weighted by atomic mass is 10.0. The van der Waals surface area contributed by atoms with Gasteiger partial charge in [0.2, 0.25) is 5.91 Å². The fourth-order valence-electron chi connectivity index (χ4n) is 3.91. The summed E-state index contributed by atoms with van der Waals surface area (Å²) < 4.78 is 6.07. The molecule has 2 heterocycles. The topological polar surface area (TPSA) is 36.0 Å². The highest BCUT2D eigenvalue weighted by molar-refractivity contribution is 5.78. The Morgan fingerprint density at radius 2 is 1.69 bits per heavy atom. The predicted octanol–water partition coefficient (Wildman–Crippen LogP) is 2.39. The molecule has 2 aliphatic heterocycles. The zero-order valence-electron chi connectivity index (χ0n) is 16.5. The molecule has 0 N–H and O–H groups in total. The third-order valence-corrected chi connectivity index (χ3v) is 5.81. The van der Waals surface area contributed by atoms with Gasteiger partial charge in [-0.25, -0.2) is 0 Å². The lowest BCUT2D eigenvalue weighted by molar-refractivity contribution is -0.134. The standard InChI is InChI=1S/C21H33N3O2/c1-17-4-6-19(7-5-17)26-20-10-14-24(15-11-20)21(25)16-23(3)18-8-12-22(2)13-9-18/h4-7,18,20H,8-16H2,1-3H3. The lowest BCUT2D eigenvalue weighted by Gasteiger charge is -2.37. The highest BCUT2D eigenvalue weighted by Crippen LogP contribution is 2.20. The minimum absolute atomic E-state index is 0.216. The highest BCUT2D eigenvalue weighted by atomic mass is 16.5. The lowest BCUT2D eigenvalue weighted by Crippen LogP contribution is -2.49. The fraction of sp³-hybridized carbons (Fsp3) is 0.667. The molecular weight excluding hydrogens is 326 g/mol. The smallest absolute Gasteiger partial charge is 0.236 e. The number of amides is 1. The van der Waals surface area contributed by atoms with Crippen LogP contribution >= 0.6 is 0 Å². The van der Waals surface area contributed by atoms with Crippen LogP contribution in [0.1, 0.15) is 31.2 Å². The molecule has 0 spiro atoms. The number of aryl methyl sites for hydroxylation is 1. The zero-order valence-corrected chi connectivity index (χ0v) is 16.5. The van der Waals surface area contributed by atoms with Gasteiger partial charge in [0, 0.05) is 32.0 Å². The van der Waals surface area contributed by atoms with Crippen molar-refractivity contribution in [1.82, 2.24) is 14.7 Å². The molecule has 0 bridgehead atoms. The van der Waals surface area contributed by atoms with E-state index in [-0.39, 0.29) is 12.0 Å². The van der Waals surface area contributed by atoms with Gasteiger partial charge >= 0.3 is 0 Å². The van der Waals surface area contributed by atoms with E-state index in [1.165, 1.54) is 5.56 Å². The second kappa shape index (κ2) is 8.87. The quantitative estimate of drug-likeness (QED) is 0.809. The van der Waals surface area contributed by atoms with Gasteiger partial charge in [-0.05, 0) is 59.1 Å². The molecule has 26 heavy (non-hydrogen) atoms. The minimum atomic E-state index is 0.216. The van der Waals surface area contributed by atoms with E-state index >= 15 is 0 Å². The Morgan fingerprint density at radius 3 is 2.31 bits per heavy atom. The number of carbonyl (C=O) groups is 1. The fourth-order valence-corrected chi connectivity index (χ4v) is 3.91. The Labute approximate surface area is 157 Å². The van der Waals surface area contributed by atoms with Gasteiger partial charge in [0.25, 0.3) is 0 Å². The van der Waals surface area contributed by atoms with E-state index in [2.05, 4.69) is 43.0 Å². The molecule has 144 valence electrons. The van der Waals surface area contributed by atoms with Crippen molar-refractivity contribution >= 4 is 5.91 Å². The first-order valence-corrected chi connectivity index (χ1v) is 9.91. The van der Waals surface area contributed by atoms with Gasteiger partial charge < -0.3 is 14.5 Å². The number of ether oxygens (including phenoxy) is 1. The number of benzene rings is 1. The van der Waals surface area contributed by atoms with Crippen LogP contribution in [0.25, 0.3) is 0 Å². The number of rotatable bonds is 5. The average Bonchev–Trinajstić information content (AvgIpc) is 2.64. The molecule has 5 nitrogen and oxygen atoms in total. The van der Waals surface area contributed by atoms with Gasteiger partial charge in [0.05, 0.1) is 6.54 Å². The first-order chi connectivity index (χ1) is 12.5. The summed E-state index contributed by atoms with van der Waals surface area (Å²) in [4.78, 5) is 19.3. The van der Waals surface area contributed by atoms with Crippen LogP contribution in [0.5, 0.6) is 5.75 Å². The first-order valence-electron chi connectivity index (χ1n) is 9.91. The van der Waals surface area contributed by atoms with E-state index in [1.54, 1.807) is 0 Å². The van der Waals surface area contributed by atoms with E-state index < -0.39 is 0 Å². The molecule has 0 atom stereocenters. The van der Waals surface area contributed by atoms with E-state index in [4.69, 9.17) is 4.74 Å². The van der Waals surface area contributed by atoms with Crippen LogP contribution in [0.4, 0.5) is 0 Å². The summed E-state index contributed by atoms with van der Waals surface area (Å²) >= 11 is 0. The van der Waals surface area contributed by atoms with Crippen LogP contribution < -0.4 is 4.74 Å². The molecule has 3 rings (SSSR count). The summed E-state index contributed by atoms with van der Waals surface area (Å²) in [5, 5.41) is 0. The summed E-state index contributed by atoms with van der Waals surface area (Å²) in [5.41, 5.74) is 1.24. The Kier molecular flexibility index (Phi) is 6.54. The normalized spacial score (nSPS) is 20.5. The third-order valence-electron chi connectivity index (χ3n) is 5.81. The van der Waals surface area contributed by atoms with Gasteiger partial charge in [-0.2, -0.15) is 0 Å². The molecule has 0 aliphatic carbocycles. The number of likely N-dealkylation sites (tertiary alicyclic amines) is 2. The van der Waals surface area contributed by atoms with Gasteiger partial charge in [-0.1, -0.05) is 17.7 Å².